The van der Waals surface area contributed by atoms with Gasteiger partial charge in [-0.2, -0.15) is 0 Å². The molecule has 1 heterocycles. The Hall–Kier alpha value is -0.540. The molecule has 1 aromatic carbocycles. The molecule has 1 N–H and O–H groups in total. The Morgan fingerprint density at radius 3 is 2.67 bits per heavy atom. The summed E-state index contributed by atoms with van der Waals surface area (Å²) < 4.78 is 7.39. The molecule has 0 aromatic heterocycles. The van der Waals surface area contributed by atoms with Crippen LogP contribution in [0, 0.1) is 0 Å². The van der Waals surface area contributed by atoms with E-state index in [-0.39, 0.29) is 5.60 Å². The number of rotatable bonds is 4. The van der Waals surface area contributed by atoms with Crippen LogP contribution in [0.3, 0.4) is 0 Å². The second-order valence-electron chi connectivity index (χ2n) is 4.99. The van der Waals surface area contributed by atoms with E-state index in [2.05, 4.69) is 60.2 Å². The van der Waals surface area contributed by atoms with Crippen LogP contribution in [0.25, 0.3) is 0 Å². The summed E-state index contributed by atoms with van der Waals surface area (Å²) in [5.74, 6) is 1.03. The number of hydrogen-bond acceptors (Lipinski definition) is 2. The first-order chi connectivity index (χ1) is 8.64. The van der Waals surface area contributed by atoms with Crippen molar-refractivity contribution in [1.29, 1.82) is 0 Å². The molecule has 3 heteroatoms. The summed E-state index contributed by atoms with van der Waals surface area (Å²) in [7, 11) is 0. The minimum atomic E-state index is -0.0133. The molecule has 18 heavy (non-hydrogen) atoms. The molecule has 1 aliphatic rings. The van der Waals surface area contributed by atoms with Crippen LogP contribution in [0.1, 0.15) is 51.6 Å². The molecular weight excluding hydrogens is 290 g/mol. The van der Waals surface area contributed by atoms with E-state index in [9.17, 15) is 0 Å². The van der Waals surface area contributed by atoms with E-state index in [4.69, 9.17) is 4.74 Å². The summed E-state index contributed by atoms with van der Waals surface area (Å²) in [5.41, 5.74) is 1.28. The first kappa shape index (κ1) is 13.9. The predicted octanol–water partition coefficient (Wildman–Crippen LogP) is 4.44. The molecule has 0 amide bonds. The van der Waals surface area contributed by atoms with Gasteiger partial charge in [-0.15, -0.1) is 0 Å². The fraction of sp³-hybridized carbons (Fsp3) is 0.600. The van der Waals surface area contributed by atoms with Crippen molar-refractivity contribution < 1.29 is 4.74 Å². The number of halogens is 1. The summed E-state index contributed by atoms with van der Waals surface area (Å²) >= 11 is 3.53. The van der Waals surface area contributed by atoms with Crippen molar-refractivity contribution >= 4 is 15.9 Å². The van der Waals surface area contributed by atoms with Crippen molar-refractivity contribution in [2.24, 2.45) is 0 Å². The minimum Gasteiger partial charge on any atom is -0.487 e. The van der Waals surface area contributed by atoms with Gasteiger partial charge in [-0.1, -0.05) is 42.8 Å². The Kier molecular flexibility index (Phi) is 4.33. The van der Waals surface area contributed by atoms with E-state index in [0.29, 0.717) is 6.04 Å². The standard InChI is InChI=1S/C15H22BrNO/c1-4-15(5-2)10-13(17-6-3)12-8-7-11(16)9-14(12)18-15/h7-9,13,17H,4-6,10H2,1-3H3. The summed E-state index contributed by atoms with van der Waals surface area (Å²) in [6.07, 6.45) is 3.16. The average Bonchev–Trinajstić information content (AvgIpc) is 2.38. The highest BCUT2D eigenvalue weighted by Crippen LogP contribution is 2.43. The molecule has 1 atom stereocenters. The molecule has 1 unspecified atom stereocenters. The zero-order chi connectivity index (χ0) is 13.2. The molecule has 1 aliphatic heterocycles. The maximum absolute atomic E-state index is 6.31. The highest BCUT2D eigenvalue weighted by molar-refractivity contribution is 9.10. The van der Waals surface area contributed by atoms with Crippen molar-refractivity contribution in [2.45, 2.75) is 51.7 Å². The third kappa shape index (κ3) is 2.57. The third-order valence-electron chi connectivity index (χ3n) is 3.99. The Balaban J connectivity index is 2.39. The molecular formula is C15H22BrNO. The lowest BCUT2D eigenvalue weighted by atomic mass is 9.83. The smallest absolute Gasteiger partial charge is 0.126 e. The summed E-state index contributed by atoms with van der Waals surface area (Å²) in [6.45, 7) is 7.59. The molecule has 2 nitrogen and oxygen atoms in total. The van der Waals surface area contributed by atoms with E-state index in [1.165, 1.54) is 5.56 Å². The summed E-state index contributed by atoms with van der Waals surface area (Å²) in [4.78, 5) is 0. The van der Waals surface area contributed by atoms with Gasteiger partial charge in [0.25, 0.3) is 0 Å². The lowest BCUT2D eigenvalue weighted by Crippen LogP contribution is -2.43. The van der Waals surface area contributed by atoms with Crippen molar-refractivity contribution in [1.82, 2.24) is 5.32 Å². The van der Waals surface area contributed by atoms with E-state index < -0.39 is 0 Å². The van der Waals surface area contributed by atoms with Gasteiger partial charge in [0, 0.05) is 22.5 Å². The maximum Gasteiger partial charge on any atom is 0.126 e. The Morgan fingerprint density at radius 2 is 2.06 bits per heavy atom. The van der Waals surface area contributed by atoms with Crippen LogP contribution in [0.2, 0.25) is 0 Å². The van der Waals surface area contributed by atoms with Crippen molar-refractivity contribution in [2.75, 3.05) is 6.54 Å². The molecule has 0 bridgehead atoms. The number of benzene rings is 1. The van der Waals surface area contributed by atoms with Crippen molar-refractivity contribution in [3.63, 3.8) is 0 Å². The largest absolute Gasteiger partial charge is 0.487 e. The maximum atomic E-state index is 6.31. The van der Waals surface area contributed by atoms with Crippen LogP contribution in [0.5, 0.6) is 5.75 Å². The molecule has 100 valence electrons. The van der Waals surface area contributed by atoms with Crippen LogP contribution in [0.4, 0.5) is 0 Å². The van der Waals surface area contributed by atoms with Gasteiger partial charge < -0.3 is 10.1 Å². The SMILES string of the molecule is CCNC1CC(CC)(CC)Oc2cc(Br)ccc21. The number of hydrogen-bond donors (Lipinski definition) is 1. The monoisotopic (exact) mass is 311 g/mol. The zero-order valence-electron chi connectivity index (χ0n) is 11.4. The van der Waals surface area contributed by atoms with Gasteiger partial charge in [0.15, 0.2) is 0 Å². The van der Waals surface area contributed by atoms with E-state index in [0.717, 1.165) is 36.0 Å². The molecule has 0 saturated carbocycles. The number of fused-ring (bicyclic) bond motifs is 1. The first-order valence-corrected chi connectivity index (χ1v) is 7.65. The van der Waals surface area contributed by atoms with E-state index >= 15 is 0 Å². The average molecular weight is 312 g/mol. The van der Waals surface area contributed by atoms with Gasteiger partial charge >= 0.3 is 0 Å². The van der Waals surface area contributed by atoms with Crippen molar-refractivity contribution in [3.05, 3.63) is 28.2 Å². The second kappa shape index (κ2) is 5.62. The first-order valence-electron chi connectivity index (χ1n) is 6.86. The van der Waals surface area contributed by atoms with E-state index in [1.807, 2.05) is 0 Å². The molecule has 0 fully saturated rings. The van der Waals surface area contributed by atoms with Gasteiger partial charge in [0.05, 0.1) is 0 Å². The van der Waals surface area contributed by atoms with Gasteiger partial charge in [0.2, 0.25) is 0 Å². The highest BCUT2D eigenvalue weighted by Gasteiger charge is 2.38. The normalized spacial score (nSPS) is 21.2. The summed E-state index contributed by atoms with van der Waals surface area (Å²) in [6, 6.07) is 6.77. The van der Waals surface area contributed by atoms with Crippen LogP contribution in [-0.4, -0.2) is 12.1 Å². The van der Waals surface area contributed by atoms with Gasteiger partial charge in [-0.3, -0.25) is 0 Å². The molecule has 0 saturated heterocycles. The fourth-order valence-corrected chi connectivity index (χ4v) is 3.09. The quantitative estimate of drug-likeness (QED) is 0.887. The number of nitrogens with one attached hydrogen (secondary N) is 1. The molecule has 0 radical (unpaired) electrons. The molecule has 2 rings (SSSR count). The Morgan fingerprint density at radius 1 is 1.33 bits per heavy atom. The van der Waals surface area contributed by atoms with Gasteiger partial charge in [-0.25, -0.2) is 0 Å². The van der Waals surface area contributed by atoms with Crippen LogP contribution in [0.15, 0.2) is 22.7 Å². The number of ether oxygens (including phenoxy) is 1. The van der Waals surface area contributed by atoms with Gasteiger partial charge in [-0.05, 0) is 31.5 Å². The lowest BCUT2D eigenvalue weighted by Gasteiger charge is -2.41. The summed E-state index contributed by atoms with van der Waals surface area (Å²) in [5, 5.41) is 3.59. The second-order valence-corrected chi connectivity index (χ2v) is 5.90. The Labute approximate surface area is 118 Å². The fourth-order valence-electron chi connectivity index (χ4n) is 2.75. The van der Waals surface area contributed by atoms with E-state index in [1.54, 1.807) is 0 Å². The third-order valence-corrected chi connectivity index (χ3v) is 4.49. The van der Waals surface area contributed by atoms with Crippen molar-refractivity contribution in [3.8, 4) is 5.75 Å². The Bertz CT molecular complexity index is 415. The van der Waals surface area contributed by atoms with Crippen LogP contribution < -0.4 is 10.1 Å². The molecule has 0 aliphatic carbocycles. The van der Waals surface area contributed by atoms with Gasteiger partial charge in [0.1, 0.15) is 11.4 Å². The van der Waals surface area contributed by atoms with Crippen LogP contribution in [-0.2, 0) is 0 Å². The molecule has 1 aromatic rings. The topological polar surface area (TPSA) is 21.3 Å². The molecule has 0 spiro atoms. The predicted molar refractivity (Wildman–Crippen MR) is 79.1 cm³/mol. The minimum absolute atomic E-state index is 0.0133. The highest BCUT2D eigenvalue weighted by atomic mass is 79.9. The lowest BCUT2D eigenvalue weighted by molar-refractivity contribution is 0.0230. The zero-order valence-corrected chi connectivity index (χ0v) is 13.0. The van der Waals surface area contributed by atoms with Crippen LogP contribution >= 0.6 is 15.9 Å².